The Morgan fingerprint density at radius 2 is 1.67 bits per heavy atom. The fourth-order valence-corrected chi connectivity index (χ4v) is 8.46. The van der Waals surface area contributed by atoms with Gasteiger partial charge in [-0.2, -0.15) is 23.5 Å². The fraction of sp³-hybridized carbons (Fsp3) is 1.00. The maximum absolute atomic E-state index is 10.9. The normalized spacial score (nSPS) is 48.3. The van der Waals surface area contributed by atoms with Gasteiger partial charge in [-0.05, 0) is 62.7 Å². The van der Waals surface area contributed by atoms with Crippen molar-refractivity contribution in [1.29, 1.82) is 0 Å². The second-order valence-electron chi connectivity index (χ2n) is 8.28. The van der Waals surface area contributed by atoms with E-state index in [1.807, 2.05) is 0 Å². The molecule has 21 heavy (non-hydrogen) atoms. The van der Waals surface area contributed by atoms with Crippen LogP contribution in [0.25, 0.3) is 0 Å². The van der Waals surface area contributed by atoms with Crippen LogP contribution < -0.4 is 5.32 Å². The van der Waals surface area contributed by atoms with E-state index < -0.39 is 0 Å². The molecule has 0 radical (unpaired) electrons. The monoisotopic (exact) mass is 327 g/mol. The molecular formula is C17H29NOS2. The molecule has 3 unspecified atom stereocenters. The highest BCUT2D eigenvalue weighted by molar-refractivity contribution is 8.03. The molecular weight excluding hydrogens is 298 g/mol. The molecule has 120 valence electrons. The van der Waals surface area contributed by atoms with E-state index in [0.29, 0.717) is 17.5 Å². The first kappa shape index (κ1) is 15.2. The second-order valence-corrected chi connectivity index (χ2v) is 10.6. The lowest BCUT2D eigenvalue weighted by Gasteiger charge is -2.62. The molecule has 2 nitrogen and oxygen atoms in total. The van der Waals surface area contributed by atoms with Gasteiger partial charge in [0.2, 0.25) is 0 Å². The number of thioether (sulfide) groups is 2. The van der Waals surface area contributed by atoms with Crippen LogP contribution in [-0.4, -0.2) is 45.8 Å². The molecule has 0 amide bonds. The van der Waals surface area contributed by atoms with Crippen molar-refractivity contribution in [2.45, 2.75) is 63.1 Å². The Kier molecular flexibility index (Phi) is 4.05. The molecule has 0 spiro atoms. The number of nitrogens with one attached hydrogen (secondary N) is 1. The van der Waals surface area contributed by atoms with Gasteiger partial charge in [0.15, 0.2) is 0 Å². The van der Waals surface area contributed by atoms with Gasteiger partial charge >= 0.3 is 0 Å². The standard InChI is InChI=1S/C17H29NOS2/c1-12(18-15-9-20-2-3-21-10-15)16-5-13-4-14(6-16)8-17(19,7-13)11-16/h12-15,18-19H,2-11H2,1H3. The molecule has 5 aliphatic rings. The minimum absolute atomic E-state index is 0.313. The predicted octanol–water partition coefficient (Wildman–Crippen LogP) is 3.14. The zero-order valence-electron chi connectivity index (χ0n) is 13.1. The molecule has 1 heterocycles. The maximum Gasteiger partial charge on any atom is 0.0659 e. The number of hydrogen-bond acceptors (Lipinski definition) is 4. The van der Waals surface area contributed by atoms with Crippen LogP contribution in [0.1, 0.15) is 45.4 Å². The average molecular weight is 328 g/mol. The zero-order chi connectivity index (χ0) is 14.5. The summed E-state index contributed by atoms with van der Waals surface area (Å²) in [6, 6.07) is 1.24. The van der Waals surface area contributed by atoms with E-state index in [0.717, 1.165) is 31.1 Å². The van der Waals surface area contributed by atoms with Gasteiger partial charge in [-0.3, -0.25) is 0 Å². The van der Waals surface area contributed by atoms with Crippen LogP contribution >= 0.6 is 23.5 Å². The Balaban J connectivity index is 1.47. The predicted molar refractivity (Wildman–Crippen MR) is 93.1 cm³/mol. The summed E-state index contributed by atoms with van der Waals surface area (Å²) in [4.78, 5) is 0. The summed E-state index contributed by atoms with van der Waals surface area (Å²) >= 11 is 4.22. The molecule has 0 aromatic heterocycles. The molecule has 1 saturated heterocycles. The van der Waals surface area contributed by atoms with E-state index in [1.54, 1.807) is 0 Å². The molecule has 3 atom stereocenters. The molecule has 4 aliphatic carbocycles. The Morgan fingerprint density at radius 1 is 1.05 bits per heavy atom. The smallest absolute Gasteiger partial charge is 0.0659 e. The van der Waals surface area contributed by atoms with Gasteiger partial charge in [-0.1, -0.05) is 0 Å². The first-order chi connectivity index (χ1) is 10.1. The van der Waals surface area contributed by atoms with E-state index in [4.69, 9.17) is 0 Å². The van der Waals surface area contributed by atoms with Crippen molar-refractivity contribution >= 4 is 23.5 Å². The Bertz CT molecular complexity index is 380. The Morgan fingerprint density at radius 3 is 2.24 bits per heavy atom. The zero-order valence-corrected chi connectivity index (χ0v) is 14.8. The van der Waals surface area contributed by atoms with Crippen LogP contribution in [-0.2, 0) is 0 Å². The lowest BCUT2D eigenvalue weighted by Crippen LogP contribution is -2.62. The first-order valence-electron chi connectivity index (χ1n) is 8.71. The van der Waals surface area contributed by atoms with Crippen LogP contribution in [0.2, 0.25) is 0 Å². The highest BCUT2D eigenvalue weighted by Crippen LogP contribution is 2.62. The lowest BCUT2D eigenvalue weighted by molar-refractivity contribution is -0.172. The lowest BCUT2D eigenvalue weighted by atomic mass is 9.46. The molecule has 1 aliphatic heterocycles. The van der Waals surface area contributed by atoms with Gasteiger partial charge in [0.1, 0.15) is 0 Å². The topological polar surface area (TPSA) is 32.3 Å². The van der Waals surface area contributed by atoms with Crippen molar-refractivity contribution in [1.82, 2.24) is 5.32 Å². The molecule has 5 fully saturated rings. The third-order valence-electron chi connectivity index (χ3n) is 6.49. The summed E-state index contributed by atoms with van der Waals surface area (Å²) < 4.78 is 0. The summed E-state index contributed by atoms with van der Waals surface area (Å²) in [5, 5.41) is 14.9. The Hall–Kier alpha value is 0.620. The van der Waals surface area contributed by atoms with E-state index in [2.05, 4.69) is 35.8 Å². The third kappa shape index (κ3) is 2.90. The van der Waals surface area contributed by atoms with Crippen molar-refractivity contribution in [3.05, 3.63) is 0 Å². The molecule has 4 saturated carbocycles. The van der Waals surface area contributed by atoms with Crippen molar-refractivity contribution in [3.63, 3.8) is 0 Å². The number of hydrogen-bond donors (Lipinski definition) is 2. The van der Waals surface area contributed by atoms with Gasteiger partial charge in [-0.25, -0.2) is 0 Å². The largest absolute Gasteiger partial charge is 0.390 e. The van der Waals surface area contributed by atoms with Crippen LogP contribution in [0.4, 0.5) is 0 Å². The average Bonchev–Trinajstić information content (AvgIpc) is 2.64. The highest BCUT2D eigenvalue weighted by atomic mass is 32.2. The van der Waals surface area contributed by atoms with Crippen LogP contribution in [0.3, 0.4) is 0 Å². The quantitative estimate of drug-likeness (QED) is 0.834. The van der Waals surface area contributed by atoms with Gasteiger partial charge in [0.05, 0.1) is 5.60 Å². The van der Waals surface area contributed by atoms with Gasteiger partial charge in [0.25, 0.3) is 0 Å². The van der Waals surface area contributed by atoms with Gasteiger partial charge < -0.3 is 10.4 Å². The van der Waals surface area contributed by atoms with E-state index in [-0.39, 0.29) is 5.60 Å². The van der Waals surface area contributed by atoms with E-state index >= 15 is 0 Å². The first-order valence-corrected chi connectivity index (χ1v) is 11.0. The third-order valence-corrected chi connectivity index (χ3v) is 9.01. The molecule has 0 aromatic rings. The SMILES string of the molecule is CC(NC1CSCCSC1)C12CC3CC(CC(O)(C3)C1)C2. The van der Waals surface area contributed by atoms with Gasteiger partial charge in [0, 0.05) is 35.1 Å². The molecule has 4 heteroatoms. The van der Waals surface area contributed by atoms with Crippen LogP contribution in [0.5, 0.6) is 0 Å². The Labute approximate surface area is 137 Å². The van der Waals surface area contributed by atoms with Crippen molar-refractivity contribution < 1.29 is 5.11 Å². The minimum atomic E-state index is -0.313. The van der Waals surface area contributed by atoms with E-state index in [1.165, 1.54) is 42.3 Å². The van der Waals surface area contributed by atoms with Crippen molar-refractivity contribution in [3.8, 4) is 0 Å². The summed E-state index contributed by atoms with van der Waals surface area (Å²) in [5.41, 5.74) is 0.0768. The number of rotatable bonds is 3. The molecule has 2 N–H and O–H groups in total. The summed E-state index contributed by atoms with van der Waals surface area (Å²) in [7, 11) is 0. The second kappa shape index (κ2) is 5.61. The van der Waals surface area contributed by atoms with E-state index in [9.17, 15) is 5.11 Å². The summed E-state index contributed by atoms with van der Waals surface area (Å²) in [6.07, 6.45) is 7.38. The molecule has 4 bridgehead atoms. The van der Waals surface area contributed by atoms with Crippen LogP contribution in [0, 0.1) is 17.3 Å². The van der Waals surface area contributed by atoms with Gasteiger partial charge in [-0.15, -0.1) is 0 Å². The van der Waals surface area contributed by atoms with Crippen molar-refractivity contribution in [2.75, 3.05) is 23.0 Å². The molecule has 0 aromatic carbocycles. The summed E-state index contributed by atoms with van der Waals surface area (Å²) in [5.74, 6) is 6.77. The number of aliphatic hydroxyl groups is 1. The van der Waals surface area contributed by atoms with Crippen LogP contribution in [0.15, 0.2) is 0 Å². The summed E-state index contributed by atoms with van der Waals surface area (Å²) in [6.45, 7) is 2.41. The van der Waals surface area contributed by atoms with Crippen molar-refractivity contribution in [2.24, 2.45) is 17.3 Å². The highest BCUT2D eigenvalue weighted by Gasteiger charge is 2.58. The molecule has 5 rings (SSSR count). The fourth-order valence-electron chi connectivity index (χ4n) is 6.03. The minimum Gasteiger partial charge on any atom is -0.390 e. The maximum atomic E-state index is 10.9.